The Morgan fingerprint density at radius 1 is 1.41 bits per heavy atom. The van der Waals surface area contributed by atoms with Crippen LogP contribution in [0.5, 0.6) is 0 Å². The summed E-state index contributed by atoms with van der Waals surface area (Å²) in [4.78, 5) is 18.6. The van der Waals surface area contributed by atoms with Crippen LogP contribution < -0.4 is 5.32 Å². The molecule has 0 aliphatic carbocycles. The molecule has 6 heteroatoms. The van der Waals surface area contributed by atoms with Crippen molar-refractivity contribution in [3.05, 3.63) is 54.1 Å². The minimum absolute atomic E-state index is 0.0209. The Balaban J connectivity index is 1.90. The Kier molecular flexibility index (Phi) is 6.12. The van der Waals surface area contributed by atoms with Crippen LogP contribution in [0.25, 0.3) is 0 Å². The quantitative estimate of drug-likeness (QED) is 0.689. The maximum absolute atomic E-state index is 12.1. The maximum atomic E-state index is 12.1. The number of nitrogens with zero attached hydrogens (tertiary/aromatic N) is 1. The van der Waals surface area contributed by atoms with Gasteiger partial charge in [0.15, 0.2) is 0 Å². The van der Waals surface area contributed by atoms with Crippen molar-refractivity contribution in [2.24, 2.45) is 0 Å². The van der Waals surface area contributed by atoms with Gasteiger partial charge in [0.1, 0.15) is 5.69 Å². The highest BCUT2D eigenvalue weighted by Crippen LogP contribution is 2.09. The normalized spacial score (nSPS) is 13.5. The lowest BCUT2D eigenvalue weighted by atomic mass is 10.1. The molecule has 22 heavy (non-hydrogen) atoms. The number of ether oxygens (including phenoxy) is 1. The molecule has 2 aromatic rings. The van der Waals surface area contributed by atoms with E-state index in [9.17, 15) is 9.90 Å². The van der Waals surface area contributed by atoms with Gasteiger partial charge in [0.25, 0.3) is 5.91 Å². The van der Waals surface area contributed by atoms with Crippen molar-refractivity contribution in [3.63, 3.8) is 0 Å². The number of benzene rings is 1. The smallest absolute Gasteiger partial charge is 0.269 e. The Hall–Kier alpha value is -2.18. The minimum atomic E-state index is -0.274. The molecular weight excluding hydrogens is 282 g/mol. The van der Waals surface area contributed by atoms with Crippen molar-refractivity contribution in [2.45, 2.75) is 32.1 Å². The summed E-state index contributed by atoms with van der Waals surface area (Å²) in [5, 5.41) is 12.0. The molecule has 118 valence electrons. The van der Waals surface area contributed by atoms with Crippen LogP contribution >= 0.6 is 0 Å². The summed E-state index contributed by atoms with van der Waals surface area (Å²) < 4.78 is 5.81. The lowest BCUT2D eigenvalue weighted by Gasteiger charge is -2.24. The fraction of sp³-hybridized carbons (Fsp3) is 0.375. The molecule has 1 aromatic carbocycles. The minimum Gasteiger partial charge on any atom is -0.396 e. The predicted molar refractivity (Wildman–Crippen MR) is 82.2 cm³/mol. The number of hydrogen-bond donors (Lipinski definition) is 3. The Labute approximate surface area is 129 Å². The van der Waals surface area contributed by atoms with Crippen LogP contribution in [-0.2, 0) is 11.3 Å². The van der Waals surface area contributed by atoms with Gasteiger partial charge in [0, 0.05) is 6.61 Å². The molecule has 0 aliphatic rings. The van der Waals surface area contributed by atoms with E-state index in [0.29, 0.717) is 18.7 Å². The van der Waals surface area contributed by atoms with E-state index in [1.807, 2.05) is 37.3 Å². The van der Waals surface area contributed by atoms with Crippen molar-refractivity contribution in [2.75, 3.05) is 6.61 Å². The Morgan fingerprint density at radius 2 is 2.18 bits per heavy atom. The number of carbonyl (C=O) groups is 1. The molecule has 1 amide bonds. The zero-order valence-electron chi connectivity index (χ0n) is 12.5. The summed E-state index contributed by atoms with van der Waals surface area (Å²) >= 11 is 0. The molecular formula is C16H21N3O3. The van der Waals surface area contributed by atoms with Crippen LogP contribution in [-0.4, -0.2) is 39.7 Å². The first-order valence-corrected chi connectivity index (χ1v) is 7.26. The van der Waals surface area contributed by atoms with Gasteiger partial charge in [-0.2, -0.15) is 0 Å². The second-order valence-corrected chi connectivity index (χ2v) is 5.06. The summed E-state index contributed by atoms with van der Waals surface area (Å²) in [6.07, 6.45) is 3.11. The summed E-state index contributed by atoms with van der Waals surface area (Å²) in [5.74, 6) is -0.258. The summed E-state index contributed by atoms with van der Waals surface area (Å²) in [6.45, 7) is 2.33. The lowest BCUT2D eigenvalue weighted by molar-refractivity contribution is 0.0204. The second-order valence-electron chi connectivity index (χ2n) is 5.06. The van der Waals surface area contributed by atoms with Crippen LogP contribution in [0, 0.1) is 0 Å². The van der Waals surface area contributed by atoms with Crippen LogP contribution in [0.4, 0.5) is 0 Å². The van der Waals surface area contributed by atoms with E-state index >= 15 is 0 Å². The molecule has 2 atom stereocenters. The topological polar surface area (TPSA) is 87.2 Å². The van der Waals surface area contributed by atoms with Crippen molar-refractivity contribution in [1.29, 1.82) is 0 Å². The van der Waals surface area contributed by atoms with Crippen LogP contribution in [0.1, 0.15) is 29.4 Å². The molecule has 1 aromatic heterocycles. The van der Waals surface area contributed by atoms with Gasteiger partial charge in [-0.15, -0.1) is 0 Å². The number of aliphatic hydroxyl groups excluding tert-OH is 1. The molecule has 0 saturated carbocycles. The van der Waals surface area contributed by atoms with E-state index in [-0.39, 0.29) is 24.7 Å². The van der Waals surface area contributed by atoms with Crippen molar-refractivity contribution in [1.82, 2.24) is 15.3 Å². The predicted octanol–water partition coefficient (Wildman–Crippen LogP) is 1.50. The molecule has 3 N–H and O–H groups in total. The van der Waals surface area contributed by atoms with E-state index < -0.39 is 0 Å². The molecule has 0 radical (unpaired) electrons. The third-order valence-electron chi connectivity index (χ3n) is 3.42. The lowest BCUT2D eigenvalue weighted by Crippen LogP contribution is -2.44. The molecule has 0 saturated heterocycles. The Bertz CT molecular complexity index is 557. The molecule has 0 spiro atoms. The van der Waals surface area contributed by atoms with E-state index in [1.165, 1.54) is 12.5 Å². The number of hydrogen-bond acceptors (Lipinski definition) is 4. The highest BCUT2D eigenvalue weighted by Gasteiger charge is 2.21. The fourth-order valence-corrected chi connectivity index (χ4v) is 2.11. The zero-order chi connectivity index (χ0) is 15.8. The molecule has 0 aliphatic heterocycles. The van der Waals surface area contributed by atoms with Gasteiger partial charge in [0.05, 0.1) is 31.3 Å². The first-order valence-electron chi connectivity index (χ1n) is 7.26. The highest BCUT2D eigenvalue weighted by molar-refractivity contribution is 5.92. The van der Waals surface area contributed by atoms with Gasteiger partial charge in [-0.3, -0.25) is 4.79 Å². The van der Waals surface area contributed by atoms with Crippen molar-refractivity contribution >= 4 is 5.91 Å². The molecule has 0 fully saturated rings. The number of amides is 1. The molecule has 2 rings (SSSR count). The highest BCUT2D eigenvalue weighted by atomic mass is 16.5. The van der Waals surface area contributed by atoms with Gasteiger partial charge in [0.2, 0.25) is 0 Å². The summed E-state index contributed by atoms with van der Waals surface area (Å²) in [5.41, 5.74) is 1.45. The number of carbonyl (C=O) groups excluding carboxylic acids is 1. The number of nitrogens with one attached hydrogen (secondary N) is 2. The van der Waals surface area contributed by atoms with Crippen molar-refractivity contribution in [3.8, 4) is 0 Å². The second kappa shape index (κ2) is 8.31. The van der Waals surface area contributed by atoms with E-state index in [2.05, 4.69) is 15.3 Å². The van der Waals surface area contributed by atoms with E-state index in [1.54, 1.807) is 0 Å². The fourth-order valence-electron chi connectivity index (χ4n) is 2.11. The first kappa shape index (κ1) is 16.2. The van der Waals surface area contributed by atoms with Crippen molar-refractivity contribution < 1.29 is 14.6 Å². The summed E-state index contributed by atoms with van der Waals surface area (Å²) in [7, 11) is 0. The number of aliphatic hydroxyl groups is 1. The van der Waals surface area contributed by atoms with Gasteiger partial charge < -0.3 is 20.1 Å². The van der Waals surface area contributed by atoms with Gasteiger partial charge >= 0.3 is 0 Å². The van der Waals surface area contributed by atoms with E-state index in [0.717, 1.165) is 5.56 Å². The largest absolute Gasteiger partial charge is 0.396 e. The van der Waals surface area contributed by atoms with Gasteiger partial charge in [-0.1, -0.05) is 30.3 Å². The number of imidazole rings is 1. The SMILES string of the molecule is C[C@H](OCc1ccccc1)[C@@H](CCO)NC(=O)c1cnc[nH]1. The molecule has 0 bridgehead atoms. The average molecular weight is 303 g/mol. The molecule has 0 unspecified atom stereocenters. The average Bonchev–Trinajstić information content (AvgIpc) is 3.07. The third kappa shape index (κ3) is 4.68. The zero-order valence-corrected chi connectivity index (χ0v) is 12.5. The van der Waals surface area contributed by atoms with Crippen LogP contribution in [0.3, 0.4) is 0 Å². The summed E-state index contributed by atoms with van der Waals surface area (Å²) in [6, 6.07) is 9.55. The molecule has 6 nitrogen and oxygen atoms in total. The number of aromatic amines is 1. The van der Waals surface area contributed by atoms with Gasteiger partial charge in [-0.05, 0) is 18.9 Å². The first-order chi connectivity index (χ1) is 10.7. The van der Waals surface area contributed by atoms with Gasteiger partial charge in [-0.25, -0.2) is 4.98 Å². The maximum Gasteiger partial charge on any atom is 0.269 e. The third-order valence-corrected chi connectivity index (χ3v) is 3.42. The standard InChI is InChI=1S/C16H21N3O3/c1-12(22-10-13-5-3-2-4-6-13)14(7-8-20)19-16(21)15-9-17-11-18-15/h2-6,9,11-12,14,20H,7-8,10H2,1H3,(H,17,18)(H,19,21)/t12-,14+/m0/s1. The number of H-pyrrole nitrogens is 1. The van der Waals surface area contributed by atoms with Crippen LogP contribution in [0.2, 0.25) is 0 Å². The monoisotopic (exact) mass is 303 g/mol. The Morgan fingerprint density at radius 3 is 2.82 bits per heavy atom. The number of rotatable bonds is 8. The van der Waals surface area contributed by atoms with Crippen LogP contribution in [0.15, 0.2) is 42.9 Å². The van der Waals surface area contributed by atoms with E-state index in [4.69, 9.17) is 4.74 Å². The number of aromatic nitrogens is 2. The molecule has 1 heterocycles.